The van der Waals surface area contributed by atoms with Gasteiger partial charge in [0.05, 0.1) is 17.9 Å². The molecule has 2 saturated carbocycles. The Kier molecular flexibility index (Phi) is 3.72. The van der Waals surface area contributed by atoms with E-state index in [-0.39, 0.29) is 11.6 Å². The molecule has 134 valence electrons. The zero-order valence-corrected chi connectivity index (χ0v) is 14.6. The van der Waals surface area contributed by atoms with Gasteiger partial charge in [-0.1, -0.05) is 0 Å². The molecule has 0 amide bonds. The molecule has 3 aromatic rings. The van der Waals surface area contributed by atoms with Gasteiger partial charge in [0, 0.05) is 30.4 Å². The Bertz CT molecular complexity index is 981. The maximum absolute atomic E-state index is 12.3. The maximum atomic E-state index is 12.3. The standard InChI is InChI=1S/C19H22N6O/c26-18-8-7-16(13-1-2-13)23-25(18)15-5-3-14(4-6-15)22-19-17-9-10-21-24(17)12-11-20-19/h7-15H,1-6H2,(H,20,22). The fourth-order valence-corrected chi connectivity index (χ4v) is 3.93. The van der Waals surface area contributed by atoms with Crippen molar-refractivity contribution in [1.82, 2.24) is 24.4 Å². The van der Waals surface area contributed by atoms with E-state index in [1.54, 1.807) is 23.1 Å². The van der Waals surface area contributed by atoms with Crippen molar-refractivity contribution in [2.24, 2.45) is 0 Å². The van der Waals surface area contributed by atoms with Crippen molar-refractivity contribution < 1.29 is 0 Å². The molecule has 0 aliphatic heterocycles. The van der Waals surface area contributed by atoms with E-state index < -0.39 is 0 Å². The summed E-state index contributed by atoms with van der Waals surface area (Å²) in [6.07, 6.45) is 11.7. The highest BCUT2D eigenvalue weighted by atomic mass is 16.1. The van der Waals surface area contributed by atoms with Crippen molar-refractivity contribution in [3.8, 4) is 0 Å². The Labute approximate surface area is 151 Å². The van der Waals surface area contributed by atoms with Crippen LogP contribution in [0.15, 0.2) is 41.6 Å². The molecule has 0 radical (unpaired) electrons. The van der Waals surface area contributed by atoms with Gasteiger partial charge in [0.15, 0.2) is 5.82 Å². The van der Waals surface area contributed by atoms with Crippen molar-refractivity contribution in [3.63, 3.8) is 0 Å². The van der Waals surface area contributed by atoms with Crippen LogP contribution in [0.4, 0.5) is 5.82 Å². The molecule has 2 aliphatic rings. The minimum Gasteiger partial charge on any atom is -0.366 e. The molecule has 2 aliphatic carbocycles. The highest BCUT2D eigenvalue weighted by molar-refractivity contribution is 5.67. The van der Waals surface area contributed by atoms with Crippen LogP contribution in [-0.2, 0) is 0 Å². The summed E-state index contributed by atoms with van der Waals surface area (Å²) < 4.78 is 3.56. The van der Waals surface area contributed by atoms with Crippen LogP contribution in [0.5, 0.6) is 0 Å². The fraction of sp³-hybridized carbons (Fsp3) is 0.474. The van der Waals surface area contributed by atoms with E-state index in [2.05, 4.69) is 20.5 Å². The summed E-state index contributed by atoms with van der Waals surface area (Å²) in [4.78, 5) is 16.7. The van der Waals surface area contributed by atoms with Crippen LogP contribution in [0.3, 0.4) is 0 Å². The first kappa shape index (κ1) is 15.5. The van der Waals surface area contributed by atoms with Gasteiger partial charge in [-0.05, 0) is 50.7 Å². The summed E-state index contributed by atoms with van der Waals surface area (Å²) in [5.74, 6) is 1.45. The zero-order valence-electron chi connectivity index (χ0n) is 14.6. The summed E-state index contributed by atoms with van der Waals surface area (Å²) in [7, 11) is 0. The molecule has 5 rings (SSSR count). The number of nitrogens with zero attached hydrogens (tertiary/aromatic N) is 5. The second-order valence-electron chi connectivity index (χ2n) is 7.40. The van der Waals surface area contributed by atoms with E-state index in [0.717, 1.165) is 42.7 Å². The lowest BCUT2D eigenvalue weighted by atomic mass is 9.91. The monoisotopic (exact) mass is 350 g/mol. The maximum Gasteiger partial charge on any atom is 0.267 e. The third kappa shape index (κ3) is 2.87. The number of hydrogen-bond donors (Lipinski definition) is 1. The third-order valence-corrected chi connectivity index (χ3v) is 5.55. The Morgan fingerprint density at radius 2 is 1.85 bits per heavy atom. The molecule has 0 unspecified atom stereocenters. The van der Waals surface area contributed by atoms with Gasteiger partial charge in [-0.25, -0.2) is 14.2 Å². The molecule has 26 heavy (non-hydrogen) atoms. The first-order valence-corrected chi connectivity index (χ1v) is 9.42. The van der Waals surface area contributed by atoms with Gasteiger partial charge >= 0.3 is 0 Å². The minimum absolute atomic E-state index is 0.0245. The molecule has 7 nitrogen and oxygen atoms in total. The smallest absolute Gasteiger partial charge is 0.267 e. The Hall–Kier alpha value is -2.70. The summed E-state index contributed by atoms with van der Waals surface area (Å²) in [6.45, 7) is 0. The predicted molar refractivity (Wildman–Crippen MR) is 98.4 cm³/mol. The van der Waals surface area contributed by atoms with Gasteiger partial charge < -0.3 is 5.32 Å². The normalized spacial score (nSPS) is 23.2. The van der Waals surface area contributed by atoms with Crippen molar-refractivity contribution in [2.45, 2.75) is 56.5 Å². The van der Waals surface area contributed by atoms with Crippen LogP contribution < -0.4 is 10.9 Å². The van der Waals surface area contributed by atoms with Crippen LogP contribution in [0.1, 0.15) is 56.2 Å². The van der Waals surface area contributed by atoms with Gasteiger partial charge in [0.25, 0.3) is 5.56 Å². The van der Waals surface area contributed by atoms with E-state index in [1.807, 2.05) is 22.8 Å². The molecule has 2 fully saturated rings. The number of fused-ring (bicyclic) bond motifs is 1. The average molecular weight is 350 g/mol. The number of anilines is 1. The molecular formula is C19H22N6O. The summed E-state index contributed by atoms with van der Waals surface area (Å²) in [5.41, 5.74) is 2.10. The molecule has 0 saturated heterocycles. The number of aromatic nitrogens is 5. The highest BCUT2D eigenvalue weighted by Gasteiger charge is 2.28. The van der Waals surface area contributed by atoms with E-state index in [0.29, 0.717) is 12.0 Å². The molecule has 3 heterocycles. The van der Waals surface area contributed by atoms with Crippen LogP contribution >= 0.6 is 0 Å². The Morgan fingerprint density at radius 3 is 2.65 bits per heavy atom. The van der Waals surface area contributed by atoms with Crippen molar-refractivity contribution in [3.05, 3.63) is 52.8 Å². The van der Waals surface area contributed by atoms with E-state index in [1.165, 1.54) is 12.8 Å². The minimum atomic E-state index is 0.0245. The van der Waals surface area contributed by atoms with Crippen LogP contribution in [-0.4, -0.2) is 30.4 Å². The third-order valence-electron chi connectivity index (χ3n) is 5.55. The molecular weight excluding hydrogens is 328 g/mol. The van der Waals surface area contributed by atoms with Gasteiger partial charge in [0.1, 0.15) is 5.52 Å². The lowest BCUT2D eigenvalue weighted by molar-refractivity contribution is 0.301. The van der Waals surface area contributed by atoms with E-state index >= 15 is 0 Å². The number of rotatable bonds is 4. The average Bonchev–Trinajstić information content (AvgIpc) is 3.40. The molecule has 1 N–H and O–H groups in total. The summed E-state index contributed by atoms with van der Waals surface area (Å²) in [6, 6.07) is 6.13. The Morgan fingerprint density at radius 1 is 1.00 bits per heavy atom. The largest absolute Gasteiger partial charge is 0.366 e. The fourth-order valence-electron chi connectivity index (χ4n) is 3.93. The quantitative estimate of drug-likeness (QED) is 0.783. The SMILES string of the molecule is O=c1ccc(C2CC2)nn1C1CCC(Nc2nccn3nccc23)CC1. The van der Waals surface area contributed by atoms with Gasteiger partial charge in [-0.3, -0.25) is 4.79 Å². The van der Waals surface area contributed by atoms with E-state index in [9.17, 15) is 4.79 Å². The number of nitrogens with one attached hydrogen (secondary N) is 1. The molecule has 0 atom stereocenters. The summed E-state index contributed by atoms with van der Waals surface area (Å²) >= 11 is 0. The topological polar surface area (TPSA) is 77.1 Å². The highest BCUT2D eigenvalue weighted by Crippen LogP contribution is 2.38. The summed E-state index contributed by atoms with van der Waals surface area (Å²) in [5, 5.41) is 12.5. The van der Waals surface area contributed by atoms with Crippen molar-refractivity contribution >= 4 is 11.3 Å². The first-order chi connectivity index (χ1) is 12.8. The van der Waals surface area contributed by atoms with E-state index in [4.69, 9.17) is 0 Å². The van der Waals surface area contributed by atoms with Gasteiger partial charge in [0.2, 0.25) is 0 Å². The molecule has 3 aromatic heterocycles. The second-order valence-corrected chi connectivity index (χ2v) is 7.40. The molecule has 7 heteroatoms. The van der Waals surface area contributed by atoms with Crippen molar-refractivity contribution in [1.29, 1.82) is 0 Å². The number of hydrogen-bond acceptors (Lipinski definition) is 5. The van der Waals surface area contributed by atoms with Gasteiger partial charge in [-0.15, -0.1) is 0 Å². The predicted octanol–water partition coefficient (Wildman–Crippen LogP) is 2.76. The lowest BCUT2D eigenvalue weighted by Crippen LogP contribution is -2.33. The molecule has 0 spiro atoms. The molecule has 0 aromatic carbocycles. The zero-order chi connectivity index (χ0) is 17.5. The van der Waals surface area contributed by atoms with Crippen LogP contribution in [0.25, 0.3) is 5.52 Å². The van der Waals surface area contributed by atoms with Gasteiger partial charge in [-0.2, -0.15) is 10.2 Å². The lowest BCUT2D eigenvalue weighted by Gasteiger charge is -2.30. The molecule has 0 bridgehead atoms. The second kappa shape index (κ2) is 6.23. The van der Waals surface area contributed by atoms with Crippen molar-refractivity contribution in [2.75, 3.05) is 5.32 Å². The Balaban J connectivity index is 1.28. The van der Waals surface area contributed by atoms with Crippen LogP contribution in [0.2, 0.25) is 0 Å². The first-order valence-electron chi connectivity index (χ1n) is 9.42. The van der Waals surface area contributed by atoms with Crippen LogP contribution in [0, 0.1) is 0 Å².